The van der Waals surface area contributed by atoms with Gasteiger partial charge in [0.05, 0.1) is 6.54 Å². The molecule has 0 aliphatic heterocycles. The van der Waals surface area contributed by atoms with Gasteiger partial charge in [-0.05, 0) is 35.4 Å². The van der Waals surface area contributed by atoms with Gasteiger partial charge in [0.2, 0.25) is 11.4 Å². The summed E-state index contributed by atoms with van der Waals surface area (Å²) in [5.74, 6) is 0. The largest absolute Gasteiger partial charge is 0.673 e. The highest BCUT2D eigenvalue weighted by Gasteiger charge is 2.22. The fraction of sp³-hybridized carbons (Fsp3) is 0.0800. The number of hydrogen-bond donors (Lipinski definition) is 1. The molecule has 0 fully saturated rings. The zero-order valence-corrected chi connectivity index (χ0v) is 17.3. The van der Waals surface area contributed by atoms with Crippen LogP contribution >= 0.6 is 0 Å². The van der Waals surface area contributed by atoms with E-state index < -0.39 is 7.25 Å². The van der Waals surface area contributed by atoms with E-state index in [-0.39, 0.29) is 0 Å². The van der Waals surface area contributed by atoms with E-state index >= 15 is 0 Å². The van der Waals surface area contributed by atoms with Gasteiger partial charge in [0, 0.05) is 23.3 Å². The molecule has 1 aromatic heterocycles. The van der Waals surface area contributed by atoms with Gasteiger partial charge in [-0.25, -0.2) is 0 Å². The topological polar surface area (TPSA) is 29.9 Å². The summed E-state index contributed by atoms with van der Waals surface area (Å²) in [6, 6.07) is 36.1. The lowest BCUT2D eigenvalue weighted by atomic mass is 9.99. The molecule has 0 bridgehead atoms. The molecular formula is C25H23BF4N2. The van der Waals surface area contributed by atoms with Crippen LogP contribution in [0.3, 0.4) is 0 Å². The highest BCUT2D eigenvalue weighted by atomic mass is 19.5. The molecule has 0 radical (unpaired) electrons. The van der Waals surface area contributed by atoms with Crippen molar-refractivity contribution >= 4 is 7.25 Å². The van der Waals surface area contributed by atoms with Gasteiger partial charge in [-0.1, -0.05) is 66.7 Å². The average Bonchev–Trinajstić information content (AvgIpc) is 2.80. The van der Waals surface area contributed by atoms with Crippen LogP contribution in [0.25, 0.3) is 33.6 Å². The van der Waals surface area contributed by atoms with Gasteiger partial charge in [0.25, 0.3) is 0 Å². The number of hydrogen-bond acceptors (Lipinski definition) is 1. The van der Waals surface area contributed by atoms with Crippen LogP contribution in [-0.4, -0.2) is 13.8 Å². The first-order chi connectivity index (χ1) is 15.4. The van der Waals surface area contributed by atoms with Crippen molar-refractivity contribution in [2.45, 2.75) is 6.54 Å². The second-order valence-corrected chi connectivity index (χ2v) is 7.05. The Balaban J connectivity index is 0.000000523. The van der Waals surface area contributed by atoms with E-state index in [1.165, 1.54) is 33.6 Å². The van der Waals surface area contributed by atoms with Crippen molar-refractivity contribution < 1.29 is 21.8 Å². The van der Waals surface area contributed by atoms with Gasteiger partial charge in [-0.3, -0.25) is 0 Å². The molecule has 0 saturated heterocycles. The molecule has 0 atom stereocenters. The lowest BCUT2D eigenvalue weighted by Gasteiger charge is -2.12. The molecule has 3 aromatic carbocycles. The maximum absolute atomic E-state index is 9.75. The summed E-state index contributed by atoms with van der Waals surface area (Å²) >= 11 is 0. The quantitative estimate of drug-likeness (QED) is 0.223. The van der Waals surface area contributed by atoms with Gasteiger partial charge in [-0.15, -0.1) is 0 Å². The SMILES string of the molecule is F[B-](F)(F)F.NCC[n+]1c(-c2ccccc2)cc(-c2ccccc2)cc1-c1ccccc1. The number of nitrogens with two attached hydrogens (primary N) is 1. The standard InChI is InChI=1S/C25H23N2.BF4/c26-16-17-27-24(21-12-6-2-7-13-21)18-23(20-10-4-1-5-11-20)19-25(27)22-14-8-3-9-15-22;2-1(3,4)5/h1-15,18-19H,16-17,26H2;/q+1;-1. The van der Waals surface area contributed by atoms with Crippen LogP contribution in [0.1, 0.15) is 0 Å². The zero-order valence-electron chi connectivity index (χ0n) is 17.3. The van der Waals surface area contributed by atoms with Crippen LogP contribution < -0.4 is 10.3 Å². The maximum Gasteiger partial charge on any atom is 0.673 e. The van der Waals surface area contributed by atoms with Crippen LogP contribution in [0.5, 0.6) is 0 Å². The molecule has 4 rings (SSSR count). The van der Waals surface area contributed by atoms with Crippen molar-refractivity contribution in [2.24, 2.45) is 5.73 Å². The number of rotatable bonds is 5. The van der Waals surface area contributed by atoms with Crippen molar-refractivity contribution in [1.82, 2.24) is 0 Å². The second-order valence-electron chi connectivity index (χ2n) is 7.05. The van der Waals surface area contributed by atoms with Gasteiger partial charge in [0.1, 0.15) is 0 Å². The summed E-state index contributed by atoms with van der Waals surface area (Å²) in [7, 11) is -6.00. The summed E-state index contributed by atoms with van der Waals surface area (Å²) < 4.78 is 41.3. The molecule has 0 saturated carbocycles. The minimum atomic E-state index is -6.00. The number of halogens is 4. The summed E-state index contributed by atoms with van der Waals surface area (Å²) in [5.41, 5.74) is 13.2. The van der Waals surface area contributed by atoms with E-state index in [9.17, 15) is 17.3 Å². The first-order valence-corrected chi connectivity index (χ1v) is 10.2. The molecule has 2 nitrogen and oxygen atoms in total. The zero-order chi connectivity index (χ0) is 23.0. The van der Waals surface area contributed by atoms with Gasteiger partial charge in [0.15, 0.2) is 6.54 Å². The third-order valence-electron chi connectivity index (χ3n) is 4.76. The molecule has 0 aliphatic carbocycles. The summed E-state index contributed by atoms with van der Waals surface area (Å²) in [5, 5.41) is 0. The summed E-state index contributed by atoms with van der Waals surface area (Å²) in [6.07, 6.45) is 0. The molecule has 1 heterocycles. The predicted molar refractivity (Wildman–Crippen MR) is 122 cm³/mol. The molecule has 2 N–H and O–H groups in total. The highest BCUT2D eigenvalue weighted by molar-refractivity contribution is 6.50. The number of aromatic nitrogens is 1. The van der Waals surface area contributed by atoms with E-state index in [0.29, 0.717) is 6.54 Å². The van der Waals surface area contributed by atoms with Crippen LogP contribution in [0.2, 0.25) is 0 Å². The van der Waals surface area contributed by atoms with Crippen LogP contribution in [0, 0.1) is 0 Å². The third kappa shape index (κ3) is 6.52. The minimum absolute atomic E-state index is 0.592. The number of benzene rings is 3. The summed E-state index contributed by atoms with van der Waals surface area (Å²) in [6.45, 7) is 1.36. The van der Waals surface area contributed by atoms with Crippen molar-refractivity contribution in [1.29, 1.82) is 0 Å². The van der Waals surface area contributed by atoms with Crippen molar-refractivity contribution in [2.75, 3.05) is 6.54 Å². The van der Waals surface area contributed by atoms with Crippen LogP contribution in [-0.2, 0) is 6.54 Å². The van der Waals surface area contributed by atoms with Crippen molar-refractivity contribution in [3.8, 4) is 33.6 Å². The highest BCUT2D eigenvalue weighted by Crippen LogP contribution is 2.29. The van der Waals surface area contributed by atoms with Gasteiger partial charge in [-0.2, -0.15) is 4.57 Å². The van der Waals surface area contributed by atoms with Gasteiger partial charge < -0.3 is 23.0 Å². The van der Waals surface area contributed by atoms with Crippen molar-refractivity contribution in [3.63, 3.8) is 0 Å². The van der Waals surface area contributed by atoms with E-state index in [2.05, 4.69) is 108 Å². The Bertz CT molecular complexity index is 1050. The Kier molecular flexibility index (Phi) is 7.79. The Morgan fingerprint density at radius 3 is 1.25 bits per heavy atom. The maximum atomic E-state index is 9.75. The Labute approximate surface area is 185 Å². The van der Waals surface area contributed by atoms with Crippen LogP contribution in [0.4, 0.5) is 17.3 Å². The minimum Gasteiger partial charge on any atom is -0.418 e. The number of nitrogens with zero attached hydrogens (tertiary/aromatic N) is 1. The molecule has 0 spiro atoms. The summed E-state index contributed by atoms with van der Waals surface area (Å²) in [4.78, 5) is 0. The third-order valence-corrected chi connectivity index (χ3v) is 4.76. The molecule has 4 aromatic rings. The smallest absolute Gasteiger partial charge is 0.418 e. The van der Waals surface area contributed by atoms with Crippen LogP contribution in [0.15, 0.2) is 103 Å². The lowest BCUT2D eigenvalue weighted by molar-refractivity contribution is -0.672. The fourth-order valence-electron chi connectivity index (χ4n) is 3.49. The average molecular weight is 438 g/mol. The lowest BCUT2D eigenvalue weighted by Crippen LogP contribution is -2.42. The Morgan fingerprint density at radius 2 is 0.906 bits per heavy atom. The molecule has 164 valence electrons. The Hall–Kier alpha value is -3.45. The van der Waals surface area contributed by atoms with Crippen molar-refractivity contribution in [3.05, 3.63) is 103 Å². The first kappa shape index (κ1) is 23.2. The van der Waals surface area contributed by atoms with E-state index in [1.54, 1.807) is 0 Å². The molecule has 0 unspecified atom stereocenters. The van der Waals surface area contributed by atoms with Gasteiger partial charge >= 0.3 is 7.25 Å². The first-order valence-electron chi connectivity index (χ1n) is 10.2. The molecule has 0 aliphatic rings. The second kappa shape index (κ2) is 10.7. The monoisotopic (exact) mass is 438 g/mol. The molecular weight excluding hydrogens is 415 g/mol. The van der Waals surface area contributed by atoms with E-state index in [4.69, 9.17) is 5.73 Å². The molecule has 0 amide bonds. The fourth-order valence-corrected chi connectivity index (χ4v) is 3.49. The molecule has 7 heteroatoms. The Morgan fingerprint density at radius 1 is 0.562 bits per heavy atom. The molecule has 32 heavy (non-hydrogen) atoms. The number of pyridine rings is 1. The predicted octanol–water partition coefficient (Wildman–Crippen LogP) is 6.23. The van der Waals surface area contributed by atoms with E-state index in [0.717, 1.165) is 6.54 Å². The van der Waals surface area contributed by atoms with E-state index in [1.807, 2.05) is 0 Å². The normalized spacial score (nSPS) is 10.9.